The molecule has 0 bridgehead atoms. The van der Waals surface area contributed by atoms with Crippen LogP contribution in [0.1, 0.15) is 30.0 Å². The Morgan fingerprint density at radius 2 is 1.96 bits per heavy atom. The van der Waals surface area contributed by atoms with E-state index in [-0.39, 0.29) is 24.4 Å². The van der Waals surface area contributed by atoms with Gasteiger partial charge in [-0.25, -0.2) is 0 Å². The number of hydrogen-bond acceptors (Lipinski definition) is 3. The van der Waals surface area contributed by atoms with E-state index < -0.39 is 0 Å². The zero-order valence-electron chi connectivity index (χ0n) is 12.6. The van der Waals surface area contributed by atoms with Crippen molar-refractivity contribution in [3.05, 3.63) is 57.2 Å². The van der Waals surface area contributed by atoms with Crippen molar-refractivity contribution in [2.75, 3.05) is 13.1 Å². The second-order valence-corrected chi connectivity index (χ2v) is 6.90. The van der Waals surface area contributed by atoms with Crippen LogP contribution in [0.25, 0.3) is 0 Å². The SMILES string of the molecule is Cl.O=C(CNCC1CC1)NC(c1ccc(Cl)cc1)c1ccsc1. The van der Waals surface area contributed by atoms with Gasteiger partial charge in [-0.15, -0.1) is 12.4 Å². The first kappa shape index (κ1) is 18.3. The van der Waals surface area contributed by atoms with Crippen LogP contribution in [0.3, 0.4) is 0 Å². The third-order valence-corrected chi connectivity index (χ3v) is 4.75. The van der Waals surface area contributed by atoms with Crippen molar-refractivity contribution in [1.82, 2.24) is 10.6 Å². The Morgan fingerprint density at radius 3 is 2.57 bits per heavy atom. The molecule has 1 fully saturated rings. The summed E-state index contributed by atoms with van der Waals surface area (Å²) in [6.45, 7) is 1.31. The minimum atomic E-state index is -0.126. The van der Waals surface area contributed by atoms with Crippen LogP contribution in [0.4, 0.5) is 0 Å². The Bertz CT molecular complexity index is 612. The molecule has 1 aliphatic carbocycles. The highest BCUT2D eigenvalue weighted by atomic mass is 35.5. The standard InChI is InChI=1S/C17H19ClN2OS.ClH/c18-15-5-3-13(4-6-15)17(14-7-8-22-11-14)20-16(21)10-19-9-12-1-2-12;/h3-8,11-12,17,19H,1-2,9-10H2,(H,20,21);1H. The van der Waals surface area contributed by atoms with Gasteiger partial charge in [-0.2, -0.15) is 11.3 Å². The molecule has 1 heterocycles. The second kappa shape index (κ2) is 8.69. The molecule has 1 atom stereocenters. The van der Waals surface area contributed by atoms with Gasteiger partial charge in [0.2, 0.25) is 5.91 Å². The molecule has 2 aromatic rings. The molecule has 1 aromatic heterocycles. The van der Waals surface area contributed by atoms with Gasteiger partial charge in [0.1, 0.15) is 0 Å². The Balaban J connectivity index is 0.00000192. The molecular formula is C17H20Cl2N2OS. The predicted molar refractivity (Wildman–Crippen MR) is 98.6 cm³/mol. The topological polar surface area (TPSA) is 41.1 Å². The average Bonchev–Trinajstić information content (AvgIpc) is 3.17. The van der Waals surface area contributed by atoms with Crippen molar-refractivity contribution in [2.24, 2.45) is 5.92 Å². The maximum atomic E-state index is 12.2. The first-order valence-electron chi connectivity index (χ1n) is 7.50. The van der Waals surface area contributed by atoms with E-state index in [2.05, 4.69) is 16.0 Å². The minimum Gasteiger partial charge on any atom is -0.344 e. The lowest BCUT2D eigenvalue weighted by atomic mass is 10.0. The van der Waals surface area contributed by atoms with Crippen LogP contribution in [0.5, 0.6) is 0 Å². The van der Waals surface area contributed by atoms with Crippen molar-refractivity contribution < 1.29 is 4.79 Å². The van der Waals surface area contributed by atoms with Crippen molar-refractivity contribution in [3.8, 4) is 0 Å². The van der Waals surface area contributed by atoms with Crippen LogP contribution in [0, 0.1) is 5.92 Å². The maximum absolute atomic E-state index is 12.2. The number of carbonyl (C=O) groups is 1. The van der Waals surface area contributed by atoms with Gasteiger partial charge in [0.25, 0.3) is 0 Å². The number of thiophene rings is 1. The molecule has 1 aliphatic rings. The minimum absolute atomic E-state index is 0. The molecule has 124 valence electrons. The van der Waals surface area contributed by atoms with Crippen LogP contribution in [0.15, 0.2) is 41.1 Å². The van der Waals surface area contributed by atoms with Crippen molar-refractivity contribution in [2.45, 2.75) is 18.9 Å². The van der Waals surface area contributed by atoms with E-state index in [1.807, 2.05) is 35.7 Å². The Morgan fingerprint density at radius 1 is 1.22 bits per heavy atom. The summed E-state index contributed by atoms with van der Waals surface area (Å²) in [6, 6.07) is 9.55. The summed E-state index contributed by atoms with van der Waals surface area (Å²) in [7, 11) is 0. The van der Waals surface area contributed by atoms with E-state index in [0.29, 0.717) is 11.6 Å². The number of amides is 1. The Kier molecular flexibility index (Phi) is 6.90. The lowest BCUT2D eigenvalue weighted by Crippen LogP contribution is -2.37. The molecule has 6 heteroatoms. The van der Waals surface area contributed by atoms with Crippen LogP contribution in [0.2, 0.25) is 5.02 Å². The maximum Gasteiger partial charge on any atom is 0.234 e. The van der Waals surface area contributed by atoms with Gasteiger partial charge >= 0.3 is 0 Å². The summed E-state index contributed by atoms with van der Waals surface area (Å²) in [4.78, 5) is 12.2. The summed E-state index contributed by atoms with van der Waals surface area (Å²) in [5.74, 6) is 0.795. The van der Waals surface area contributed by atoms with Crippen LogP contribution >= 0.6 is 35.3 Å². The average molecular weight is 371 g/mol. The third-order valence-electron chi connectivity index (χ3n) is 3.80. The number of rotatable bonds is 7. The molecule has 2 N–H and O–H groups in total. The van der Waals surface area contributed by atoms with Gasteiger partial charge in [0.05, 0.1) is 12.6 Å². The summed E-state index contributed by atoms with van der Waals surface area (Å²) in [5.41, 5.74) is 2.14. The van der Waals surface area contributed by atoms with Gasteiger partial charge in [-0.1, -0.05) is 23.7 Å². The number of hydrogen-bond donors (Lipinski definition) is 2. The van der Waals surface area contributed by atoms with Crippen molar-refractivity contribution in [3.63, 3.8) is 0 Å². The van der Waals surface area contributed by atoms with E-state index in [1.54, 1.807) is 11.3 Å². The molecule has 1 aromatic carbocycles. The lowest BCUT2D eigenvalue weighted by molar-refractivity contribution is -0.120. The monoisotopic (exact) mass is 370 g/mol. The molecule has 0 radical (unpaired) electrons. The number of benzene rings is 1. The number of carbonyl (C=O) groups excluding carboxylic acids is 1. The first-order valence-corrected chi connectivity index (χ1v) is 8.82. The molecule has 0 saturated heterocycles. The Hall–Kier alpha value is -1.07. The fraction of sp³-hybridized carbons (Fsp3) is 0.353. The summed E-state index contributed by atoms with van der Waals surface area (Å²) >= 11 is 7.59. The fourth-order valence-electron chi connectivity index (χ4n) is 2.38. The molecule has 0 aliphatic heterocycles. The zero-order chi connectivity index (χ0) is 15.4. The molecule has 23 heavy (non-hydrogen) atoms. The quantitative estimate of drug-likeness (QED) is 0.772. The van der Waals surface area contributed by atoms with Gasteiger partial charge in [0.15, 0.2) is 0 Å². The first-order chi connectivity index (χ1) is 10.7. The number of nitrogens with one attached hydrogen (secondary N) is 2. The molecule has 3 rings (SSSR count). The van der Waals surface area contributed by atoms with E-state index in [0.717, 1.165) is 23.6 Å². The Labute approximate surface area is 151 Å². The van der Waals surface area contributed by atoms with Crippen LogP contribution < -0.4 is 10.6 Å². The van der Waals surface area contributed by atoms with E-state index >= 15 is 0 Å². The van der Waals surface area contributed by atoms with E-state index in [1.165, 1.54) is 12.8 Å². The van der Waals surface area contributed by atoms with Crippen LogP contribution in [-0.2, 0) is 4.79 Å². The molecule has 1 unspecified atom stereocenters. The second-order valence-electron chi connectivity index (χ2n) is 5.68. The predicted octanol–water partition coefficient (Wildman–Crippen LogP) is 4.03. The summed E-state index contributed by atoms with van der Waals surface area (Å²) in [5, 5.41) is 11.1. The van der Waals surface area contributed by atoms with Gasteiger partial charge in [0, 0.05) is 5.02 Å². The largest absolute Gasteiger partial charge is 0.344 e. The highest BCUT2D eigenvalue weighted by Crippen LogP contribution is 2.27. The third kappa shape index (κ3) is 5.50. The highest BCUT2D eigenvalue weighted by molar-refractivity contribution is 7.08. The number of halogens is 2. The molecule has 0 spiro atoms. The van der Waals surface area contributed by atoms with Crippen molar-refractivity contribution in [1.29, 1.82) is 0 Å². The molecule has 3 nitrogen and oxygen atoms in total. The van der Waals surface area contributed by atoms with Gasteiger partial charge < -0.3 is 10.6 Å². The summed E-state index contributed by atoms with van der Waals surface area (Å²) < 4.78 is 0. The zero-order valence-corrected chi connectivity index (χ0v) is 15.0. The molecule has 1 saturated carbocycles. The van der Waals surface area contributed by atoms with E-state index in [9.17, 15) is 4.79 Å². The lowest BCUT2D eigenvalue weighted by Gasteiger charge is -2.19. The molecule has 1 amide bonds. The van der Waals surface area contributed by atoms with E-state index in [4.69, 9.17) is 11.6 Å². The molecular weight excluding hydrogens is 351 g/mol. The van der Waals surface area contributed by atoms with Gasteiger partial charge in [-0.3, -0.25) is 4.79 Å². The fourth-order valence-corrected chi connectivity index (χ4v) is 3.19. The van der Waals surface area contributed by atoms with Gasteiger partial charge in [-0.05, 0) is 65.4 Å². The smallest absolute Gasteiger partial charge is 0.234 e. The van der Waals surface area contributed by atoms with Crippen LogP contribution in [-0.4, -0.2) is 19.0 Å². The summed E-state index contributed by atoms with van der Waals surface area (Å²) in [6.07, 6.45) is 2.58. The highest BCUT2D eigenvalue weighted by Gasteiger charge is 2.21. The van der Waals surface area contributed by atoms with Crippen molar-refractivity contribution >= 4 is 41.3 Å². The normalized spacial score (nSPS) is 14.8.